The lowest BCUT2D eigenvalue weighted by Gasteiger charge is -2.37. The Morgan fingerprint density at radius 1 is 1.13 bits per heavy atom. The van der Waals surface area contributed by atoms with Gasteiger partial charge in [0.1, 0.15) is 5.54 Å². The molecular formula is C10H16N2O2S. The average molecular weight is 228 g/mol. The van der Waals surface area contributed by atoms with Gasteiger partial charge in [-0.3, -0.25) is 0 Å². The van der Waals surface area contributed by atoms with E-state index in [-0.39, 0.29) is 5.75 Å². The molecule has 0 atom stereocenters. The van der Waals surface area contributed by atoms with E-state index in [0.717, 1.165) is 25.7 Å². The molecule has 1 saturated carbocycles. The molecule has 5 heteroatoms. The van der Waals surface area contributed by atoms with Crippen LogP contribution in [0.1, 0.15) is 38.5 Å². The largest absolute Gasteiger partial charge is 0.215 e. The van der Waals surface area contributed by atoms with E-state index in [0.29, 0.717) is 19.4 Å². The van der Waals surface area contributed by atoms with Crippen LogP contribution in [0.4, 0.5) is 0 Å². The minimum atomic E-state index is -3.17. The normalized spacial score (nSPS) is 29.8. The number of hydrogen-bond donors (Lipinski definition) is 0. The monoisotopic (exact) mass is 228 g/mol. The second-order valence-corrected chi connectivity index (χ2v) is 6.46. The van der Waals surface area contributed by atoms with E-state index in [2.05, 4.69) is 6.07 Å². The molecule has 4 nitrogen and oxygen atoms in total. The number of hydrogen-bond acceptors (Lipinski definition) is 3. The Bertz CT molecular complexity index is 377. The minimum Gasteiger partial charge on any atom is -0.212 e. The molecule has 1 aliphatic heterocycles. The zero-order valence-corrected chi connectivity index (χ0v) is 9.59. The summed E-state index contributed by atoms with van der Waals surface area (Å²) in [6.45, 7) is 0.538. The van der Waals surface area contributed by atoms with Crippen molar-refractivity contribution in [2.24, 2.45) is 0 Å². The predicted molar refractivity (Wildman–Crippen MR) is 56.5 cm³/mol. The highest BCUT2D eigenvalue weighted by Gasteiger charge is 2.46. The van der Waals surface area contributed by atoms with Gasteiger partial charge >= 0.3 is 0 Å². The Kier molecular flexibility index (Phi) is 2.73. The summed E-state index contributed by atoms with van der Waals surface area (Å²) >= 11 is 0. The highest BCUT2D eigenvalue weighted by atomic mass is 32.2. The molecule has 0 aromatic rings. The maximum Gasteiger partial charge on any atom is 0.215 e. The van der Waals surface area contributed by atoms with Gasteiger partial charge in [-0.1, -0.05) is 12.8 Å². The summed E-state index contributed by atoms with van der Waals surface area (Å²) in [7, 11) is -3.17. The van der Waals surface area contributed by atoms with E-state index in [1.165, 1.54) is 4.31 Å². The van der Waals surface area contributed by atoms with Crippen molar-refractivity contribution in [1.29, 1.82) is 5.26 Å². The number of sulfonamides is 1. The molecule has 0 aromatic carbocycles. The summed E-state index contributed by atoms with van der Waals surface area (Å²) in [5.41, 5.74) is -0.709. The van der Waals surface area contributed by atoms with Gasteiger partial charge in [-0.05, 0) is 25.7 Å². The second kappa shape index (κ2) is 3.76. The third-order valence-corrected chi connectivity index (χ3v) is 5.47. The first-order valence-corrected chi connectivity index (χ1v) is 7.13. The van der Waals surface area contributed by atoms with Gasteiger partial charge in [0.25, 0.3) is 0 Å². The fraction of sp³-hybridized carbons (Fsp3) is 0.900. The van der Waals surface area contributed by atoms with Crippen LogP contribution in [0.5, 0.6) is 0 Å². The van der Waals surface area contributed by atoms with Crippen LogP contribution in [0.15, 0.2) is 0 Å². The fourth-order valence-corrected chi connectivity index (χ4v) is 4.60. The molecular weight excluding hydrogens is 212 g/mol. The van der Waals surface area contributed by atoms with Crippen molar-refractivity contribution in [3.63, 3.8) is 0 Å². The molecule has 1 saturated heterocycles. The number of nitrogens with zero attached hydrogens (tertiary/aromatic N) is 2. The lowest BCUT2D eigenvalue weighted by Crippen LogP contribution is -2.52. The molecule has 0 radical (unpaired) electrons. The van der Waals surface area contributed by atoms with E-state index >= 15 is 0 Å². The lowest BCUT2D eigenvalue weighted by molar-refractivity contribution is 0.239. The first-order chi connectivity index (χ1) is 7.11. The molecule has 0 bridgehead atoms. The first-order valence-electron chi connectivity index (χ1n) is 5.53. The highest BCUT2D eigenvalue weighted by molar-refractivity contribution is 7.89. The van der Waals surface area contributed by atoms with Gasteiger partial charge < -0.3 is 0 Å². The second-order valence-electron chi connectivity index (χ2n) is 4.45. The van der Waals surface area contributed by atoms with Crippen LogP contribution in [0.3, 0.4) is 0 Å². The van der Waals surface area contributed by atoms with Crippen molar-refractivity contribution >= 4 is 10.0 Å². The molecule has 1 aliphatic carbocycles. The Morgan fingerprint density at radius 2 is 1.80 bits per heavy atom. The summed E-state index contributed by atoms with van der Waals surface area (Å²) < 4.78 is 25.3. The van der Waals surface area contributed by atoms with Crippen molar-refractivity contribution in [2.75, 3.05) is 12.3 Å². The molecule has 1 heterocycles. The average Bonchev–Trinajstić information content (AvgIpc) is 2.66. The molecule has 2 fully saturated rings. The summed E-state index contributed by atoms with van der Waals surface area (Å²) in [6, 6.07) is 2.25. The van der Waals surface area contributed by atoms with E-state index in [1.54, 1.807) is 0 Å². The zero-order valence-electron chi connectivity index (χ0n) is 8.78. The smallest absolute Gasteiger partial charge is 0.212 e. The van der Waals surface area contributed by atoms with Crippen LogP contribution < -0.4 is 0 Å². The van der Waals surface area contributed by atoms with Crippen molar-refractivity contribution in [3.8, 4) is 6.07 Å². The zero-order chi connectivity index (χ0) is 10.9. The van der Waals surface area contributed by atoms with E-state index in [9.17, 15) is 13.7 Å². The van der Waals surface area contributed by atoms with Gasteiger partial charge in [0.2, 0.25) is 10.0 Å². The fourth-order valence-electron chi connectivity index (χ4n) is 2.65. The Balaban J connectivity index is 2.32. The molecule has 15 heavy (non-hydrogen) atoms. The van der Waals surface area contributed by atoms with Gasteiger partial charge in [-0.15, -0.1) is 0 Å². The van der Waals surface area contributed by atoms with Gasteiger partial charge in [0.15, 0.2) is 0 Å². The summed E-state index contributed by atoms with van der Waals surface area (Å²) in [5, 5.41) is 9.24. The van der Waals surface area contributed by atoms with Crippen molar-refractivity contribution < 1.29 is 8.42 Å². The van der Waals surface area contributed by atoms with Crippen LogP contribution >= 0.6 is 0 Å². The lowest BCUT2D eigenvalue weighted by atomic mass is 9.99. The summed E-state index contributed by atoms with van der Waals surface area (Å²) in [5.74, 6) is 0.219. The van der Waals surface area contributed by atoms with E-state index in [4.69, 9.17) is 0 Å². The Hall–Kier alpha value is -0.600. The van der Waals surface area contributed by atoms with E-state index < -0.39 is 15.6 Å². The molecule has 0 aromatic heterocycles. The van der Waals surface area contributed by atoms with Crippen LogP contribution in [-0.2, 0) is 10.0 Å². The molecule has 2 rings (SSSR count). The van der Waals surface area contributed by atoms with Crippen LogP contribution in [-0.4, -0.2) is 30.6 Å². The maximum absolute atomic E-state index is 11.9. The summed E-state index contributed by atoms with van der Waals surface area (Å²) in [4.78, 5) is 0. The Morgan fingerprint density at radius 3 is 2.33 bits per heavy atom. The van der Waals surface area contributed by atoms with Gasteiger partial charge in [0, 0.05) is 6.54 Å². The Labute approximate surface area is 90.9 Å². The first kappa shape index (κ1) is 10.9. The number of nitriles is 1. The summed E-state index contributed by atoms with van der Waals surface area (Å²) in [6.07, 6.45) is 4.99. The van der Waals surface area contributed by atoms with Crippen molar-refractivity contribution in [1.82, 2.24) is 4.31 Å². The molecule has 0 N–H and O–H groups in total. The third kappa shape index (κ3) is 1.77. The minimum absolute atomic E-state index is 0.219. The van der Waals surface area contributed by atoms with Crippen LogP contribution in [0.25, 0.3) is 0 Å². The third-order valence-electron chi connectivity index (χ3n) is 3.47. The maximum atomic E-state index is 11.9. The molecule has 2 aliphatic rings. The SMILES string of the molecule is N#CC1(N2CCCCS2(=O)=O)CCCC1. The molecule has 0 amide bonds. The number of rotatable bonds is 1. The topological polar surface area (TPSA) is 61.2 Å². The van der Waals surface area contributed by atoms with Gasteiger partial charge in [0.05, 0.1) is 11.8 Å². The predicted octanol–water partition coefficient (Wildman–Crippen LogP) is 1.25. The van der Waals surface area contributed by atoms with Crippen molar-refractivity contribution in [3.05, 3.63) is 0 Å². The van der Waals surface area contributed by atoms with Crippen LogP contribution in [0, 0.1) is 11.3 Å². The van der Waals surface area contributed by atoms with Crippen molar-refractivity contribution in [2.45, 2.75) is 44.1 Å². The van der Waals surface area contributed by atoms with Gasteiger partial charge in [-0.2, -0.15) is 9.57 Å². The standard InChI is InChI=1S/C10H16N2O2S/c11-9-10(5-1-2-6-10)12-7-3-4-8-15(12,13)14/h1-8H2. The molecule has 0 spiro atoms. The van der Waals surface area contributed by atoms with Gasteiger partial charge in [-0.25, -0.2) is 8.42 Å². The van der Waals surface area contributed by atoms with Crippen LogP contribution in [0.2, 0.25) is 0 Å². The highest BCUT2D eigenvalue weighted by Crippen LogP contribution is 2.38. The molecule has 0 unspecified atom stereocenters. The van der Waals surface area contributed by atoms with E-state index in [1.807, 2.05) is 0 Å². The molecule has 84 valence electrons. The quantitative estimate of drug-likeness (QED) is 0.678.